The summed E-state index contributed by atoms with van der Waals surface area (Å²) in [6, 6.07) is 3.87. The minimum Gasteiger partial charge on any atom is -0.334 e. The fourth-order valence-corrected chi connectivity index (χ4v) is 3.54. The van der Waals surface area contributed by atoms with Crippen LogP contribution in [0.1, 0.15) is 41.0 Å². The van der Waals surface area contributed by atoms with Crippen LogP contribution in [0.5, 0.6) is 0 Å². The van der Waals surface area contributed by atoms with E-state index in [-0.39, 0.29) is 11.9 Å². The number of aryl methyl sites for hydroxylation is 2. The number of fused-ring (bicyclic) bond motifs is 1. The minimum atomic E-state index is 0.0728. The number of carbonyl (C=O) groups is 1. The molecule has 7 heteroatoms. The van der Waals surface area contributed by atoms with Gasteiger partial charge in [-0.25, -0.2) is 0 Å². The first-order valence-electron chi connectivity index (χ1n) is 8.73. The van der Waals surface area contributed by atoms with Crippen molar-refractivity contribution in [2.24, 2.45) is 0 Å². The highest BCUT2D eigenvalue weighted by Gasteiger charge is 2.28. The lowest BCUT2D eigenvalue weighted by Crippen LogP contribution is -2.46. The zero-order chi connectivity index (χ0) is 17.4. The van der Waals surface area contributed by atoms with Crippen LogP contribution in [-0.4, -0.2) is 47.8 Å². The van der Waals surface area contributed by atoms with Crippen molar-refractivity contribution >= 4 is 11.6 Å². The van der Waals surface area contributed by atoms with Crippen LogP contribution < -0.4 is 0 Å². The van der Waals surface area contributed by atoms with E-state index in [0.29, 0.717) is 5.56 Å². The Labute approximate surface area is 146 Å². The van der Waals surface area contributed by atoms with Crippen LogP contribution >= 0.6 is 0 Å². The summed E-state index contributed by atoms with van der Waals surface area (Å²) in [7, 11) is 0. The van der Waals surface area contributed by atoms with E-state index in [1.54, 1.807) is 0 Å². The Bertz CT molecular complexity index is 911. The zero-order valence-electron chi connectivity index (χ0n) is 14.6. The number of carbonyl (C=O) groups excluding carboxylic acids is 1. The predicted octanol–water partition coefficient (Wildman–Crippen LogP) is 2.24. The van der Waals surface area contributed by atoms with Crippen molar-refractivity contribution in [3.8, 4) is 0 Å². The molecule has 1 atom stereocenters. The lowest BCUT2D eigenvalue weighted by Gasteiger charge is -2.35. The Kier molecular flexibility index (Phi) is 3.99. The highest BCUT2D eigenvalue weighted by molar-refractivity contribution is 5.94. The van der Waals surface area contributed by atoms with E-state index in [9.17, 15) is 4.79 Å². The first-order chi connectivity index (χ1) is 12.1. The molecule has 1 aliphatic rings. The molecule has 0 N–H and O–H groups in total. The molecule has 0 spiro atoms. The molecule has 0 saturated carbocycles. The summed E-state index contributed by atoms with van der Waals surface area (Å²) in [4.78, 5) is 15.1. The fraction of sp³-hybridized carbons (Fsp3) is 0.444. The summed E-state index contributed by atoms with van der Waals surface area (Å²) in [6.07, 6.45) is 8.95. The topological polar surface area (TPSA) is 68.3 Å². The lowest BCUT2D eigenvalue weighted by molar-refractivity contribution is 0.0583. The molecular formula is C18H22N6O. The average molecular weight is 338 g/mol. The maximum absolute atomic E-state index is 13.1. The van der Waals surface area contributed by atoms with E-state index in [2.05, 4.69) is 15.3 Å². The number of amides is 1. The molecule has 1 fully saturated rings. The van der Waals surface area contributed by atoms with Gasteiger partial charge in [-0.05, 0) is 50.8 Å². The fourth-order valence-electron chi connectivity index (χ4n) is 3.54. The van der Waals surface area contributed by atoms with Crippen molar-refractivity contribution in [3.05, 3.63) is 47.7 Å². The van der Waals surface area contributed by atoms with Gasteiger partial charge in [-0.2, -0.15) is 5.10 Å². The Morgan fingerprint density at radius 3 is 2.88 bits per heavy atom. The lowest BCUT2D eigenvalue weighted by atomic mass is 10.0. The molecule has 3 aromatic rings. The SMILES string of the molecule is Cc1cnn(C[C@H]2CCCCN2C(=O)c2ccc3nnc(C)n3c2)c1. The number of rotatable bonds is 3. The Hall–Kier alpha value is -2.70. The van der Waals surface area contributed by atoms with Crippen LogP contribution in [0, 0.1) is 13.8 Å². The van der Waals surface area contributed by atoms with Gasteiger partial charge in [0.1, 0.15) is 5.82 Å². The first kappa shape index (κ1) is 15.8. The third kappa shape index (κ3) is 3.01. The normalized spacial score (nSPS) is 18.0. The number of hydrogen-bond donors (Lipinski definition) is 0. The Morgan fingerprint density at radius 1 is 1.20 bits per heavy atom. The maximum atomic E-state index is 13.1. The molecule has 25 heavy (non-hydrogen) atoms. The predicted molar refractivity (Wildman–Crippen MR) is 93.4 cm³/mol. The van der Waals surface area contributed by atoms with E-state index in [4.69, 9.17) is 0 Å². The van der Waals surface area contributed by atoms with Crippen molar-refractivity contribution < 1.29 is 4.79 Å². The molecule has 130 valence electrons. The number of aromatic nitrogens is 5. The monoisotopic (exact) mass is 338 g/mol. The molecular weight excluding hydrogens is 316 g/mol. The smallest absolute Gasteiger partial charge is 0.255 e. The minimum absolute atomic E-state index is 0.0728. The standard InChI is InChI=1S/C18H22N6O/c1-13-9-19-22(10-13)12-16-5-3-4-8-23(16)18(25)15-6-7-17-21-20-14(2)24(17)11-15/h6-7,9-11,16H,3-5,8,12H2,1-2H3/t16-/m1/s1. The van der Waals surface area contributed by atoms with Crippen molar-refractivity contribution in [2.45, 2.75) is 45.7 Å². The summed E-state index contributed by atoms with van der Waals surface area (Å²) >= 11 is 0. The number of likely N-dealkylation sites (tertiary alicyclic amines) is 1. The van der Waals surface area contributed by atoms with Crippen LogP contribution in [0.3, 0.4) is 0 Å². The van der Waals surface area contributed by atoms with Crippen LogP contribution in [-0.2, 0) is 6.54 Å². The average Bonchev–Trinajstić information content (AvgIpc) is 3.20. The molecule has 4 heterocycles. The Balaban J connectivity index is 1.59. The number of pyridine rings is 1. The molecule has 0 unspecified atom stereocenters. The molecule has 1 aliphatic heterocycles. The summed E-state index contributed by atoms with van der Waals surface area (Å²) < 4.78 is 3.81. The highest BCUT2D eigenvalue weighted by atomic mass is 16.2. The van der Waals surface area contributed by atoms with Crippen molar-refractivity contribution in [2.75, 3.05) is 6.54 Å². The molecule has 4 rings (SSSR count). The second-order valence-corrected chi connectivity index (χ2v) is 6.78. The number of piperidine rings is 1. The quantitative estimate of drug-likeness (QED) is 0.734. The van der Waals surface area contributed by atoms with Gasteiger partial charge in [0.2, 0.25) is 0 Å². The molecule has 0 radical (unpaired) electrons. The highest BCUT2D eigenvalue weighted by Crippen LogP contribution is 2.21. The van der Waals surface area contributed by atoms with Gasteiger partial charge < -0.3 is 4.90 Å². The van der Waals surface area contributed by atoms with Gasteiger partial charge in [-0.3, -0.25) is 13.9 Å². The second-order valence-electron chi connectivity index (χ2n) is 6.78. The van der Waals surface area contributed by atoms with Crippen LogP contribution in [0.2, 0.25) is 0 Å². The van der Waals surface area contributed by atoms with Gasteiger partial charge in [0.05, 0.1) is 24.3 Å². The summed E-state index contributed by atoms with van der Waals surface area (Å²) in [5.41, 5.74) is 2.58. The van der Waals surface area contributed by atoms with Crippen molar-refractivity contribution in [1.29, 1.82) is 0 Å². The largest absolute Gasteiger partial charge is 0.334 e. The van der Waals surface area contributed by atoms with Gasteiger partial charge in [-0.1, -0.05) is 0 Å². The van der Waals surface area contributed by atoms with E-state index < -0.39 is 0 Å². The molecule has 1 amide bonds. The second kappa shape index (κ2) is 6.31. The van der Waals surface area contributed by atoms with Crippen LogP contribution in [0.15, 0.2) is 30.7 Å². The van der Waals surface area contributed by atoms with E-state index in [1.807, 2.05) is 58.6 Å². The number of hydrogen-bond acceptors (Lipinski definition) is 4. The third-order valence-corrected chi connectivity index (χ3v) is 4.87. The van der Waals surface area contributed by atoms with E-state index in [0.717, 1.165) is 49.4 Å². The Morgan fingerprint density at radius 2 is 2.08 bits per heavy atom. The molecule has 3 aromatic heterocycles. The van der Waals surface area contributed by atoms with Crippen molar-refractivity contribution in [3.63, 3.8) is 0 Å². The van der Waals surface area contributed by atoms with Crippen LogP contribution in [0.25, 0.3) is 5.65 Å². The van der Waals surface area contributed by atoms with Crippen LogP contribution in [0.4, 0.5) is 0 Å². The molecule has 1 saturated heterocycles. The third-order valence-electron chi connectivity index (χ3n) is 4.87. The molecule has 0 aliphatic carbocycles. The molecule has 0 aromatic carbocycles. The van der Waals surface area contributed by atoms with Gasteiger partial charge in [-0.15, -0.1) is 10.2 Å². The summed E-state index contributed by atoms with van der Waals surface area (Å²) in [5, 5.41) is 12.5. The first-order valence-corrected chi connectivity index (χ1v) is 8.73. The molecule has 7 nitrogen and oxygen atoms in total. The van der Waals surface area contributed by atoms with E-state index in [1.165, 1.54) is 0 Å². The summed E-state index contributed by atoms with van der Waals surface area (Å²) in [5.74, 6) is 0.857. The van der Waals surface area contributed by atoms with Gasteiger partial charge in [0.15, 0.2) is 5.65 Å². The van der Waals surface area contributed by atoms with Gasteiger partial charge >= 0.3 is 0 Å². The van der Waals surface area contributed by atoms with Gasteiger partial charge in [0.25, 0.3) is 5.91 Å². The summed E-state index contributed by atoms with van der Waals surface area (Å²) in [6.45, 7) is 5.46. The molecule has 0 bridgehead atoms. The van der Waals surface area contributed by atoms with Crippen molar-refractivity contribution in [1.82, 2.24) is 29.3 Å². The van der Waals surface area contributed by atoms with Gasteiger partial charge in [0, 0.05) is 18.9 Å². The zero-order valence-corrected chi connectivity index (χ0v) is 14.6. The van der Waals surface area contributed by atoms with E-state index >= 15 is 0 Å². The maximum Gasteiger partial charge on any atom is 0.255 e. The number of nitrogens with zero attached hydrogens (tertiary/aromatic N) is 6.